The molecule has 0 fully saturated rings. The van der Waals surface area contributed by atoms with Gasteiger partial charge in [-0.1, -0.05) is 6.08 Å². The van der Waals surface area contributed by atoms with Crippen molar-refractivity contribution < 1.29 is 29.7 Å². The molecule has 0 aromatic carbocycles. The molecule has 6 heteroatoms. The fraction of sp³-hybridized carbons (Fsp3) is 0.182. The van der Waals surface area contributed by atoms with Gasteiger partial charge in [-0.05, 0) is 26.0 Å². The molecule has 0 aromatic rings. The Morgan fingerprint density at radius 1 is 0.765 bits per heavy atom. The molecule has 17 heavy (non-hydrogen) atoms. The van der Waals surface area contributed by atoms with Crippen molar-refractivity contribution in [2.24, 2.45) is 0 Å². The fourth-order valence-corrected chi connectivity index (χ4v) is 0.762. The van der Waals surface area contributed by atoms with Crippen LogP contribution in [0.4, 0.5) is 0 Å². The van der Waals surface area contributed by atoms with Gasteiger partial charge in [0.1, 0.15) is 0 Å². The average Bonchev–Trinajstić information content (AvgIpc) is 2.22. The highest BCUT2D eigenvalue weighted by molar-refractivity contribution is 5.95. The van der Waals surface area contributed by atoms with E-state index in [1.165, 1.54) is 13.8 Å². The van der Waals surface area contributed by atoms with Crippen molar-refractivity contribution in [1.82, 2.24) is 0 Å². The monoisotopic (exact) mass is 240 g/mol. The molecule has 0 saturated heterocycles. The van der Waals surface area contributed by atoms with E-state index in [1.807, 2.05) is 0 Å². The molecule has 3 N–H and O–H groups in total. The lowest BCUT2D eigenvalue weighted by Gasteiger charge is -1.96. The van der Waals surface area contributed by atoms with Crippen molar-refractivity contribution in [3.05, 3.63) is 34.9 Å². The van der Waals surface area contributed by atoms with Gasteiger partial charge in [0.05, 0.1) is 5.57 Å². The number of rotatable bonds is 5. The highest BCUT2D eigenvalue weighted by atomic mass is 16.4. The Hall–Kier alpha value is -2.37. The van der Waals surface area contributed by atoms with Crippen LogP contribution in [0.2, 0.25) is 0 Å². The lowest BCUT2D eigenvalue weighted by Crippen LogP contribution is -2.02. The van der Waals surface area contributed by atoms with Crippen molar-refractivity contribution >= 4 is 17.9 Å². The molecule has 0 aliphatic carbocycles. The van der Waals surface area contributed by atoms with Gasteiger partial charge in [-0.15, -0.1) is 0 Å². The molecule has 0 aliphatic heterocycles. The molecule has 0 atom stereocenters. The number of carboxylic acids is 3. The van der Waals surface area contributed by atoms with E-state index in [-0.39, 0.29) is 16.7 Å². The molecule has 0 bridgehead atoms. The summed E-state index contributed by atoms with van der Waals surface area (Å²) in [4.78, 5) is 31.7. The summed E-state index contributed by atoms with van der Waals surface area (Å²) in [5.41, 5.74) is -0.504. The minimum Gasteiger partial charge on any atom is -0.478 e. The normalized spacial score (nSPS) is 13.4. The van der Waals surface area contributed by atoms with Crippen molar-refractivity contribution in [3.8, 4) is 0 Å². The Kier molecular flexibility index (Phi) is 5.39. The fourth-order valence-electron chi connectivity index (χ4n) is 0.762. The first-order valence-corrected chi connectivity index (χ1v) is 4.52. The van der Waals surface area contributed by atoms with Gasteiger partial charge in [-0.2, -0.15) is 0 Å². The number of allylic oxidation sites excluding steroid dienone is 2. The largest absolute Gasteiger partial charge is 0.478 e. The zero-order valence-electron chi connectivity index (χ0n) is 9.30. The molecule has 0 amide bonds. The summed E-state index contributed by atoms with van der Waals surface area (Å²) in [7, 11) is 0. The van der Waals surface area contributed by atoms with Crippen molar-refractivity contribution in [1.29, 1.82) is 0 Å². The van der Waals surface area contributed by atoms with Gasteiger partial charge in [0.2, 0.25) is 0 Å². The van der Waals surface area contributed by atoms with Crippen molar-refractivity contribution in [2.75, 3.05) is 0 Å². The van der Waals surface area contributed by atoms with Crippen molar-refractivity contribution in [3.63, 3.8) is 0 Å². The molecule has 0 spiro atoms. The van der Waals surface area contributed by atoms with E-state index in [9.17, 15) is 14.4 Å². The number of hydrogen-bond acceptors (Lipinski definition) is 3. The summed E-state index contributed by atoms with van der Waals surface area (Å²) in [6, 6.07) is 0. The molecule has 0 radical (unpaired) electrons. The van der Waals surface area contributed by atoms with E-state index in [4.69, 9.17) is 15.3 Å². The maximum absolute atomic E-state index is 10.8. The second kappa shape index (κ2) is 6.26. The molecule has 0 unspecified atom stereocenters. The maximum atomic E-state index is 10.8. The Labute approximate surface area is 97.2 Å². The van der Waals surface area contributed by atoms with E-state index in [0.29, 0.717) is 0 Å². The van der Waals surface area contributed by atoms with Crippen LogP contribution in [0.5, 0.6) is 0 Å². The highest BCUT2D eigenvalue weighted by Crippen LogP contribution is 2.05. The highest BCUT2D eigenvalue weighted by Gasteiger charge is 2.07. The average molecular weight is 240 g/mol. The zero-order valence-corrected chi connectivity index (χ0v) is 9.30. The van der Waals surface area contributed by atoms with Crippen LogP contribution in [0, 0.1) is 0 Å². The molecule has 6 nitrogen and oxygen atoms in total. The van der Waals surface area contributed by atoms with Gasteiger partial charge in [-0.3, -0.25) is 0 Å². The van der Waals surface area contributed by atoms with Gasteiger partial charge in [0.25, 0.3) is 0 Å². The number of hydrogen-bond donors (Lipinski definition) is 3. The second-order valence-electron chi connectivity index (χ2n) is 3.21. The summed E-state index contributed by atoms with van der Waals surface area (Å²) in [6.07, 6.45) is 3.09. The van der Waals surface area contributed by atoms with Crippen LogP contribution in [0.15, 0.2) is 34.9 Å². The zero-order chi connectivity index (χ0) is 13.6. The Bertz CT molecular complexity index is 439. The summed E-state index contributed by atoms with van der Waals surface area (Å²) in [6.45, 7) is 2.54. The smallest absolute Gasteiger partial charge is 0.335 e. The number of aliphatic carboxylic acids is 3. The lowest BCUT2D eigenvalue weighted by atomic mass is 10.1. The SMILES string of the molecule is CC(=CC=C(C=C(C)C(=O)O)C(=O)O)C(=O)O. The molecule has 0 aliphatic rings. The van der Waals surface area contributed by atoms with Gasteiger partial charge < -0.3 is 15.3 Å². The first-order valence-electron chi connectivity index (χ1n) is 4.52. The maximum Gasteiger partial charge on any atom is 0.335 e. The van der Waals surface area contributed by atoms with E-state index in [1.54, 1.807) is 0 Å². The van der Waals surface area contributed by atoms with Gasteiger partial charge in [-0.25, -0.2) is 14.4 Å². The van der Waals surface area contributed by atoms with Crippen molar-refractivity contribution in [2.45, 2.75) is 13.8 Å². The van der Waals surface area contributed by atoms with E-state index >= 15 is 0 Å². The molecule has 92 valence electrons. The van der Waals surface area contributed by atoms with Gasteiger partial charge >= 0.3 is 17.9 Å². The van der Waals surface area contributed by atoms with Gasteiger partial charge in [0.15, 0.2) is 0 Å². The topological polar surface area (TPSA) is 112 Å². The predicted molar refractivity (Wildman–Crippen MR) is 58.5 cm³/mol. The Morgan fingerprint density at radius 3 is 1.59 bits per heavy atom. The number of carboxylic acid groups (broad SMARTS) is 3. The van der Waals surface area contributed by atoms with Crippen LogP contribution in [0.1, 0.15) is 13.8 Å². The standard InChI is InChI=1S/C11H12O6/c1-6(9(12)13)3-4-8(11(16)17)5-7(2)10(14)15/h3-5H,1-2H3,(H,12,13)(H,14,15)(H,16,17). The predicted octanol–water partition coefficient (Wildman–Crippen LogP) is 1.06. The third kappa shape index (κ3) is 5.31. The third-order valence-electron chi connectivity index (χ3n) is 1.81. The number of carbonyl (C=O) groups is 3. The Morgan fingerprint density at radius 2 is 1.24 bits per heavy atom. The summed E-state index contributed by atoms with van der Waals surface area (Å²) >= 11 is 0. The van der Waals surface area contributed by atoms with Crippen LogP contribution < -0.4 is 0 Å². The third-order valence-corrected chi connectivity index (χ3v) is 1.81. The minimum atomic E-state index is -1.33. The van der Waals surface area contributed by atoms with Crippen LogP contribution in [0.3, 0.4) is 0 Å². The summed E-state index contributed by atoms with van der Waals surface area (Å²) in [5.74, 6) is -3.75. The van der Waals surface area contributed by atoms with Crippen LogP contribution in [-0.2, 0) is 14.4 Å². The molecular weight excluding hydrogens is 228 g/mol. The molecule has 0 rings (SSSR count). The lowest BCUT2D eigenvalue weighted by molar-refractivity contribution is -0.133. The second-order valence-corrected chi connectivity index (χ2v) is 3.21. The van der Waals surface area contributed by atoms with Crippen LogP contribution >= 0.6 is 0 Å². The molecule has 0 saturated carbocycles. The molecule has 0 heterocycles. The quantitative estimate of drug-likeness (QED) is 0.489. The summed E-state index contributed by atoms with van der Waals surface area (Å²) in [5, 5.41) is 25.9. The molecular formula is C11H12O6. The summed E-state index contributed by atoms with van der Waals surface area (Å²) < 4.78 is 0. The van der Waals surface area contributed by atoms with E-state index in [0.717, 1.165) is 18.2 Å². The van der Waals surface area contributed by atoms with E-state index in [2.05, 4.69) is 0 Å². The molecule has 0 aromatic heterocycles. The Balaban J connectivity index is 5.28. The van der Waals surface area contributed by atoms with E-state index < -0.39 is 17.9 Å². The first kappa shape index (κ1) is 14.6. The van der Waals surface area contributed by atoms with Crippen LogP contribution in [0.25, 0.3) is 0 Å². The minimum absolute atomic E-state index is 0.0508. The van der Waals surface area contributed by atoms with Crippen LogP contribution in [-0.4, -0.2) is 33.2 Å². The first-order chi connectivity index (χ1) is 7.75. The van der Waals surface area contributed by atoms with Gasteiger partial charge in [0, 0.05) is 11.1 Å².